The van der Waals surface area contributed by atoms with Crippen molar-refractivity contribution in [2.45, 2.75) is 6.42 Å². The molecule has 0 atom stereocenters. The second-order valence-corrected chi connectivity index (χ2v) is 4.62. The van der Waals surface area contributed by atoms with Gasteiger partial charge < -0.3 is 15.4 Å². The summed E-state index contributed by atoms with van der Waals surface area (Å²) in [6, 6.07) is 2.11. The molecule has 108 valence electrons. The van der Waals surface area contributed by atoms with E-state index in [1.807, 2.05) is 6.08 Å². The van der Waals surface area contributed by atoms with Gasteiger partial charge in [-0.05, 0) is 24.1 Å². The lowest BCUT2D eigenvalue weighted by molar-refractivity contribution is 0.0755. The minimum atomic E-state index is -0.998. The Hall–Kier alpha value is -1.95. The molecule has 4 nitrogen and oxygen atoms in total. The maximum atomic E-state index is 13.8. The number of nitrogens with zero attached hydrogens (tertiary/aromatic N) is 1. The van der Waals surface area contributed by atoms with Crippen molar-refractivity contribution >= 4 is 11.6 Å². The third-order valence-electron chi connectivity index (χ3n) is 3.25. The van der Waals surface area contributed by atoms with Gasteiger partial charge in [0.25, 0.3) is 5.91 Å². The summed E-state index contributed by atoms with van der Waals surface area (Å²) in [5.41, 5.74) is 5.63. The van der Waals surface area contributed by atoms with Gasteiger partial charge in [-0.2, -0.15) is 0 Å². The zero-order valence-corrected chi connectivity index (χ0v) is 11.2. The summed E-state index contributed by atoms with van der Waals surface area (Å²) < 4.78 is 32.5. The molecular formula is C14H16F2N2O2. The molecule has 1 aliphatic heterocycles. The first-order valence-electron chi connectivity index (χ1n) is 6.24. The molecule has 0 saturated carbocycles. The van der Waals surface area contributed by atoms with Crippen molar-refractivity contribution < 1.29 is 18.3 Å². The molecule has 1 heterocycles. The number of amides is 1. The van der Waals surface area contributed by atoms with Gasteiger partial charge in [-0.3, -0.25) is 4.79 Å². The third-order valence-corrected chi connectivity index (χ3v) is 3.25. The van der Waals surface area contributed by atoms with Gasteiger partial charge >= 0.3 is 0 Å². The van der Waals surface area contributed by atoms with Gasteiger partial charge in [-0.25, -0.2) is 8.78 Å². The maximum absolute atomic E-state index is 13.8. The smallest absolute Gasteiger partial charge is 0.260 e. The number of benzene rings is 1. The molecular weight excluding hydrogens is 266 g/mol. The van der Waals surface area contributed by atoms with Crippen LogP contribution in [0, 0.1) is 11.6 Å². The number of carbonyl (C=O) groups excluding carboxylic acids is 1. The molecule has 0 aromatic heterocycles. The van der Waals surface area contributed by atoms with Crippen LogP contribution in [0.2, 0.25) is 0 Å². The van der Waals surface area contributed by atoms with E-state index in [2.05, 4.69) is 0 Å². The van der Waals surface area contributed by atoms with E-state index in [0.29, 0.717) is 26.1 Å². The fourth-order valence-electron chi connectivity index (χ4n) is 2.13. The number of anilines is 1. The summed E-state index contributed by atoms with van der Waals surface area (Å²) in [6.07, 6.45) is 2.47. The van der Waals surface area contributed by atoms with E-state index >= 15 is 0 Å². The summed E-state index contributed by atoms with van der Waals surface area (Å²) >= 11 is 0. The minimum absolute atomic E-state index is 0.234. The molecule has 0 spiro atoms. The van der Waals surface area contributed by atoms with Crippen molar-refractivity contribution in [2.75, 3.05) is 32.5 Å². The molecule has 2 N–H and O–H groups in total. The van der Waals surface area contributed by atoms with Crippen LogP contribution >= 0.6 is 0 Å². The number of methoxy groups -OCH3 is 1. The van der Waals surface area contributed by atoms with Crippen LogP contribution < -0.4 is 5.73 Å². The van der Waals surface area contributed by atoms with Crippen LogP contribution in [0.5, 0.6) is 0 Å². The fraction of sp³-hybridized carbons (Fsp3) is 0.357. The molecule has 1 amide bonds. The molecule has 1 aliphatic rings. The molecule has 1 aromatic rings. The number of rotatable bonds is 3. The normalized spacial score (nSPS) is 15.2. The van der Waals surface area contributed by atoms with Gasteiger partial charge in [-0.15, -0.1) is 0 Å². The van der Waals surface area contributed by atoms with Crippen molar-refractivity contribution in [1.29, 1.82) is 0 Å². The van der Waals surface area contributed by atoms with E-state index in [4.69, 9.17) is 10.5 Å². The largest absolute Gasteiger partial charge is 0.396 e. The number of nitrogen functional groups attached to an aromatic ring is 1. The standard InChI is InChI=1S/C14H16F2N2O2/c1-20-8-9-4-6-18(7-5-9)14(19)12-10(15)2-3-11(17)13(12)16/h2-4H,5-8,17H2,1H3. The average Bonchev–Trinajstić information content (AvgIpc) is 2.44. The average molecular weight is 282 g/mol. The van der Waals surface area contributed by atoms with Crippen molar-refractivity contribution in [3.63, 3.8) is 0 Å². The maximum Gasteiger partial charge on any atom is 0.260 e. The molecule has 0 unspecified atom stereocenters. The van der Waals surface area contributed by atoms with Crippen LogP contribution in [0.3, 0.4) is 0 Å². The lowest BCUT2D eigenvalue weighted by Gasteiger charge is -2.26. The van der Waals surface area contributed by atoms with Gasteiger partial charge in [-0.1, -0.05) is 6.08 Å². The Labute approximate surface area is 115 Å². The van der Waals surface area contributed by atoms with Gasteiger partial charge in [0.05, 0.1) is 12.3 Å². The van der Waals surface area contributed by atoms with Gasteiger partial charge in [0.1, 0.15) is 11.4 Å². The minimum Gasteiger partial charge on any atom is -0.396 e. The van der Waals surface area contributed by atoms with Crippen molar-refractivity contribution in [3.8, 4) is 0 Å². The Bertz CT molecular complexity index is 558. The molecule has 0 saturated heterocycles. The van der Waals surface area contributed by atoms with Gasteiger partial charge in [0, 0.05) is 20.2 Å². The highest BCUT2D eigenvalue weighted by Crippen LogP contribution is 2.22. The Morgan fingerprint density at radius 2 is 2.20 bits per heavy atom. The van der Waals surface area contributed by atoms with E-state index in [-0.39, 0.29) is 5.69 Å². The third kappa shape index (κ3) is 2.80. The first-order chi connectivity index (χ1) is 9.54. The quantitative estimate of drug-likeness (QED) is 0.681. The number of hydrogen-bond acceptors (Lipinski definition) is 3. The van der Waals surface area contributed by atoms with E-state index in [0.717, 1.165) is 17.7 Å². The zero-order valence-electron chi connectivity index (χ0n) is 11.2. The lowest BCUT2D eigenvalue weighted by atomic mass is 10.1. The van der Waals surface area contributed by atoms with Gasteiger partial charge in [0.15, 0.2) is 5.82 Å². The van der Waals surface area contributed by atoms with Crippen molar-refractivity contribution in [2.24, 2.45) is 0 Å². The van der Waals surface area contributed by atoms with Crippen LogP contribution in [0.25, 0.3) is 0 Å². The second kappa shape index (κ2) is 6.00. The van der Waals surface area contributed by atoms with Crippen LogP contribution in [0.15, 0.2) is 23.8 Å². The number of halogens is 2. The van der Waals surface area contributed by atoms with Crippen LogP contribution in [0.4, 0.5) is 14.5 Å². The van der Waals surface area contributed by atoms with E-state index in [1.165, 1.54) is 4.90 Å². The topological polar surface area (TPSA) is 55.6 Å². The Morgan fingerprint density at radius 1 is 1.45 bits per heavy atom. The molecule has 6 heteroatoms. The first-order valence-corrected chi connectivity index (χ1v) is 6.24. The van der Waals surface area contributed by atoms with Crippen molar-refractivity contribution in [3.05, 3.63) is 41.0 Å². The Kier molecular flexibility index (Phi) is 4.34. The monoisotopic (exact) mass is 282 g/mol. The zero-order chi connectivity index (χ0) is 14.7. The Morgan fingerprint density at radius 3 is 2.80 bits per heavy atom. The molecule has 2 rings (SSSR count). The van der Waals surface area contributed by atoms with Gasteiger partial charge in [0.2, 0.25) is 0 Å². The highest BCUT2D eigenvalue weighted by molar-refractivity contribution is 5.96. The number of hydrogen-bond donors (Lipinski definition) is 1. The second-order valence-electron chi connectivity index (χ2n) is 4.62. The molecule has 0 radical (unpaired) electrons. The molecule has 0 fully saturated rings. The summed E-state index contributed by atoms with van der Waals surface area (Å²) in [7, 11) is 1.59. The van der Waals surface area contributed by atoms with E-state index in [1.54, 1.807) is 7.11 Å². The van der Waals surface area contributed by atoms with E-state index < -0.39 is 23.1 Å². The molecule has 20 heavy (non-hydrogen) atoms. The van der Waals surface area contributed by atoms with Crippen LogP contribution in [-0.2, 0) is 4.74 Å². The first kappa shape index (κ1) is 14.5. The predicted molar refractivity (Wildman–Crippen MR) is 71.2 cm³/mol. The van der Waals surface area contributed by atoms with Crippen LogP contribution in [-0.4, -0.2) is 37.6 Å². The predicted octanol–water partition coefficient (Wildman–Crippen LogP) is 1.97. The highest BCUT2D eigenvalue weighted by Gasteiger charge is 2.25. The van der Waals surface area contributed by atoms with Crippen molar-refractivity contribution in [1.82, 2.24) is 4.90 Å². The fourth-order valence-corrected chi connectivity index (χ4v) is 2.13. The highest BCUT2D eigenvalue weighted by atomic mass is 19.1. The molecule has 0 bridgehead atoms. The summed E-state index contributed by atoms with van der Waals surface area (Å²) in [5.74, 6) is -2.57. The number of ether oxygens (including phenoxy) is 1. The number of nitrogens with two attached hydrogens (primary N) is 1. The summed E-state index contributed by atoms with van der Waals surface area (Å²) in [6.45, 7) is 1.22. The summed E-state index contributed by atoms with van der Waals surface area (Å²) in [5, 5.41) is 0. The molecule has 0 aliphatic carbocycles. The summed E-state index contributed by atoms with van der Waals surface area (Å²) in [4.78, 5) is 13.6. The SMILES string of the molecule is COCC1=CCN(C(=O)c2c(F)ccc(N)c2F)CC1. The lowest BCUT2D eigenvalue weighted by Crippen LogP contribution is -2.36. The molecule has 1 aromatic carbocycles. The van der Waals surface area contributed by atoms with E-state index in [9.17, 15) is 13.6 Å². The van der Waals surface area contributed by atoms with Crippen LogP contribution in [0.1, 0.15) is 16.8 Å². The Balaban J connectivity index is 2.20. The number of carbonyl (C=O) groups is 1.